The summed E-state index contributed by atoms with van der Waals surface area (Å²) < 4.78 is 5.18. The van der Waals surface area contributed by atoms with Crippen molar-refractivity contribution in [1.82, 2.24) is 5.32 Å². The summed E-state index contributed by atoms with van der Waals surface area (Å²) in [4.78, 5) is 0. The lowest BCUT2D eigenvalue weighted by molar-refractivity contribution is -0.0457. The molecular formula is C10H19NO. The van der Waals surface area contributed by atoms with E-state index in [1.807, 2.05) is 0 Å². The third kappa shape index (κ3) is 1.09. The van der Waals surface area contributed by atoms with Gasteiger partial charge in [0.05, 0.1) is 6.61 Å². The first kappa shape index (κ1) is 8.52. The molecule has 12 heavy (non-hydrogen) atoms. The van der Waals surface area contributed by atoms with Gasteiger partial charge < -0.3 is 10.1 Å². The van der Waals surface area contributed by atoms with Gasteiger partial charge in [-0.05, 0) is 24.2 Å². The predicted molar refractivity (Wildman–Crippen MR) is 49.1 cm³/mol. The summed E-state index contributed by atoms with van der Waals surface area (Å²) in [5.74, 6) is 0.684. The maximum Gasteiger partial charge on any atom is 0.0502 e. The number of hydrogen-bond donors (Lipinski definition) is 1. The fourth-order valence-corrected chi connectivity index (χ4v) is 2.79. The molecule has 1 aliphatic carbocycles. The Morgan fingerprint density at radius 3 is 2.67 bits per heavy atom. The van der Waals surface area contributed by atoms with E-state index in [1.165, 1.54) is 25.8 Å². The topological polar surface area (TPSA) is 21.3 Å². The van der Waals surface area contributed by atoms with Gasteiger partial charge in [0.1, 0.15) is 0 Å². The van der Waals surface area contributed by atoms with Crippen molar-refractivity contribution in [3.05, 3.63) is 0 Å². The van der Waals surface area contributed by atoms with Crippen LogP contribution in [0, 0.1) is 11.3 Å². The van der Waals surface area contributed by atoms with Gasteiger partial charge in [-0.1, -0.05) is 13.3 Å². The van der Waals surface area contributed by atoms with Crippen molar-refractivity contribution in [2.75, 3.05) is 20.3 Å². The van der Waals surface area contributed by atoms with Crippen LogP contribution >= 0.6 is 0 Å². The van der Waals surface area contributed by atoms with E-state index in [4.69, 9.17) is 4.74 Å². The summed E-state index contributed by atoms with van der Waals surface area (Å²) in [7, 11) is 1.79. The molecule has 70 valence electrons. The predicted octanol–water partition coefficient (Wildman–Crippen LogP) is 1.41. The highest BCUT2D eigenvalue weighted by molar-refractivity contribution is 5.08. The minimum Gasteiger partial charge on any atom is -0.384 e. The van der Waals surface area contributed by atoms with Gasteiger partial charge in [-0.25, -0.2) is 0 Å². The highest BCUT2D eigenvalue weighted by Gasteiger charge is 2.52. The molecule has 1 spiro atoms. The van der Waals surface area contributed by atoms with E-state index in [2.05, 4.69) is 12.2 Å². The van der Waals surface area contributed by atoms with Crippen LogP contribution in [0.25, 0.3) is 0 Å². The fraction of sp³-hybridized carbons (Fsp3) is 1.00. The Morgan fingerprint density at radius 2 is 2.33 bits per heavy atom. The van der Waals surface area contributed by atoms with E-state index in [9.17, 15) is 0 Å². The molecule has 2 aliphatic rings. The van der Waals surface area contributed by atoms with E-state index in [-0.39, 0.29) is 0 Å². The van der Waals surface area contributed by atoms with E-state index in [0.717, 1.165) is 12.6 Å². The van der Waals surface area contributed by atoms with E-state index < -0.39 is 0 Å². The van der Waals surface area contributed by atoms with Gasteiger partial charge in [-0.2, -0.15) is 0 Å². The third-order valence-electron chi connectivity index (χ3n) is 3.68. The van der Waals surface area contributed by atoms with E-state index >= 15 is 0 Å². The number of hydrogen-bond acceptors (Lipinski definition) is 2. The molecule has 0 bridgehead atoms. The molecule has 2 heteroatoms. The summed E-state index contributed by atoms with van der Waals surface area (Å²) in [6, 6.07) is 0.742. The van der Waals surface area contributed by atoms with Gasteiger partial charge in [0.2, 0.25) is 0 Å². The van der Waals surface area contributed by atoms with Crippen LogP contribution in [0.2, 0.25) is 0 Å². The Hall–Kier alpha value is -0.0800. The summed E-state index contributed by atoms with van der Waals surface area (Å²) in [6.45, 7) is 4.45. The molecule has 2 unspecified atom stereocenters. The highest BCUT2D eigenvalue weighted by Crippen LogP contribution is 2.50. The SMILES string of the molecule is COCC(C)C1NCC12CCC2. The van der Waals surface area contributed by atoms with Gasteiger partial charge in [0.15, 0.2) is 0 Å². The number of rotatable bonds is 3. The molecule has 0 aromatic carbocycles. The Bertz CT molecular complexity index is 160. The summed E-state index contributed by atoms with van der Waals surface area (Å²) in [5.41, 5.74) is 0.692. The molecule has 2 atom stereocenters. The normalized spacial score (nSPS) is 34.0. The lowest BCUT2D eigenvalue weighted by atomic mass is 9.57. The van der Waals surface area contributed by atoms with Gasteiger partial charge in [-0.3, -0.25) is 0 Å². The molecule has 0 aromatic rings. The van der Waals surface area contributed by atoms with Crippen LogP contribution in [-0.2, 0) is 4.74 Å². The van der Waals surface area contributed by atoms with Crippen LogP contribution in [0.1, 0.15) is 26.2 Å². The maximum absolute atomic E-state index is 5.18. The molecule has 0 radical (unpaired) electrons. The molecule has 1 aliphatic heterocycles. The van der Waals surface area contributed by atoms with E-state index in [0.29, 0.717) is 11.3 Å². The van der Waals surface area contributed by atoms with Crippen molar-refractivity contribution in [3.8, 4) is 0 Å². The van der Waals surface area contributed by atoms with Gasteiger partial charge in [0, 0.05) is 19.7 Å². The third-order valence-corrected chi connectivity index (χ3v) is 3.68. The monoisotopic (exact) mass is 169 g/mol. The lowest BCUT2D eigenvalue weighted by Gasteiger charge is -2.58. The molecule has 2 nitrogen and oxygen atoms in total. The van der Waals surface area contributed by atoms with Crippen LogP contribution in [0.3, 0.4) is 0 Å². The summed E-state index contributed by atoms with van der Waals surface area (Å²) >= 11 is 0. The second kappa shape index (κ2) is 3.00. The van der Waals surface area contributed by atoms with Crippen LogP contribution in [-0.4, -0.2) is 26.3 Å². The average Bonchev–Trinajstić information content (AvgIpc) is 1.81. The second-order valence-electron chi connectivity index (χ2n) is 4.51. The molecule has 1 heterocycles. The second-order valence-corrected chi connectivity index (χ2v) is 4.51. The summed E-state index contributed by atoms with van der Waals surface area (Å²) in [5, 5.41) is 3.54. The van der Waals surface area contributed by atoms with Crippen molar-refractivity contribution in [2.45, 2.75) is 32.2 Å². The lowest BCUT2D eigenvalue weighted by Crippen LogP contribution is -2.68. The van der Waals surface area contributed by atoms with E-state index in [1.54, 1.807) is 7.11 Å². The van der Waals surface area contributed by atoms with Gasteiger partial charge >= 0.3 is 0 Å². The first-order valence-electron chi connectivity index (χ1n) is 5.01. The largest absolute Gasteiger partial charge is 0.384 e. The first-order chi connectivity index (χ1) is 5.78. The van der Waals surface area contributed by atoms with Crippen molar-refractivity contribution >= 4 is 0 Å². The molecule has 2 fully saturated rings. The van der Waals surface area contributed by atoms with Crippen molar-refractivity contribution in [3.63, 3.8) is 0 Å². The fourth-order valence-electron chi connectivity index (χ4n) is 2.79. The molecule has 0 amide bonds. The van der Waals surface area contributed by atoms with Gasteiger partial charge in [0.25, 0.3) is 0 Å². The van der Waals surface area contributed by atoms with Crippen molar-refractivity contribution in [1.29, 1.82) is 0 Å². The van der Waals surface area contributed by atoms with Crippen molar-refractivity contribution < 1.29 is 4.74 Å². The molecule has 2 rings (SSSR count). The quantitative estimate of drug-likeness (QED) is 0.689. The Balaban J connectivity index is 1.87. The summed E-state index contributed by atoms with van der Waals surface area (Å²) in [6.07, 6.45) is 4.33. The Morgan fingerprint density at radius 1 is 1.58 bits per heavy atom. The molecular weight excluding hydrogens is 150 g/mol. The minimum atomic E-state index is 0.684. The van der Waals surface area contributed by atoms with Gasteiger partial charge in [-0.15, -0.1) is 0 Å². The molecule has 1 N–H and O–H groups in total. The molecule has 0 aromatic heterocycles. The number of nitrogens with one attached hydrogen (secondary N) is 1. The average molecular weight is 169 g/mol. The van der Waals surface area contributed by atoms with Crippen LogP contribution < -0.4 is 5.32 Å². The van der Waals surface area contributed by atoms with Crippen LogP contribution in [0.4, 0.5) is 0 Å². The maximum atomic E-state index is 5.18. The van der Waals surface area contributed by atoms with Crippen molar-refractivity contribution in [2.24, 2.45) is 11.3 Å². The zero-order chi connectivity index (χ0) is 8.60. The first-order valence-corrected chi connectivity index (χ1v) is 5.01. The number of methoxy groups -OCH3 is 1. The Kier molecular flexibility index (Phi) is 2.13. The minimum absolute atomic E-state index is 0.684. The molecule has 1 saturated heterocycles. The van der Waals surface area contributed by atoms with Crippen LogP contribution in [0.5, 0.6) is 0 Å². The molecule has 1 saturated carbocycles. The smallest absolute Gasteiger partial charge is 0.0502 e. The zero-order valence-corrected chi connectivity index (χ0v) is 8.10. The zero-order valence-electron chi connectivity index (χ0n) is 8.10. The van der Waals surface area contributed by atoms with Crippen LogP contribution in [0.15, 0.2) is 0 Å². The Labute approximate surface area is 74.7 Å². The number of ether oxygens (including phenoxy) is 1. The highest BCUT2D eigenvalue weighted by atomic mass is 16.5. The standard InChI is InChI=1S/C10H19NO/c1-8(6-12-2)9-10(7-11-9)4-3-5-10/h8-9,11H,3-7H2,1-2H3.